The van der Waals surface area contributed by atoms with Crippen LogP contribution in [-0.4, -0.2) is 15.8 Å². The molecule has 0 aliphatic heterocycles. The zero-order chi connectivity index (χ0) is 13.1. The number of aromatic nitrogens is 2. The molecule has 96 valence electrons. The summed E-state index contributed by atoms with van der Waals surface area (Å²) in [5.41, 5.74) is 8.22. The van der Waals surface area contributed by atoms with E-state index in [-0.39, 0.29) is 6.04 Å². The minimum absolute atomic E-state index is 0.150. The molecule has 0 bridgehead atoms. The van der Waals surface area contributed by atoms with E-state index in [1.165, 1.54) is 0 Å². The topological polar surface area (TPSA) is 43.8 Å². The van der Waals surface area contributed by atoms with Crippen molar-refractivity contribution in [1.82, 2.24) is 9.78 Å². The van der Waals surface area contributed by atoms with Gasteiger partial charge in [0.25, 0.3) is 0 Å². The molecular weight excluding hydrogens is 361 g/mol. The van der Waals surface area contributed by atoms with Crippen LogP contribution in [0.1, 0.15) is 18.9 Å². The van der Waals surface area contributed by atoms with Crippen molar-refractivity contribution in [1.29, 1.82) is 0 Å². The van der Waals surface area contributed by atoms with Crippen molar-refractivity contribution in [3.63, 3.8) is 0 Å². The number of nitrogens with zero attached hydrogens (tertiary/aromatic N) is 2. The first kappa shape index (κ1) is 13.8. The van der Waals surface area contributed by atoms with Gasteiger partial charge in [0.2, 0.25) is 0 Å². The second kappa shape index (κ2) is 6.04. The molecule has 18 heavy (non-hydrogen) atoms. The van der Waals surface area contributed by atoms with Crippen LogP contribution in [0.2, 0.25) is 5.02 Å². The quantitative estimate of drug-likeness (QED) is 0.832. The lowest BCUT2D eigenvalue weighted by molar-refractivity contribution is 0.642. The summed E-state index contributed by atoms with van der Waals surface area (Å²) in [6.45, 7) is 2.09. The Morgan fingerprint density at radius 2 is 2.28 bits per heavy atom. The molecule has 3 nitrogen and oxygen atoms in total. The minimum Gasteiger partial charge on any atom is -0.327 e. The highest BCUT2D eigenvalue weighted by molar-refractivity contribution is 14.1. The Labute approximate surface area is 125 Å². The van der Waals surface area contributed by atoms with Gasteiger partial charge in [-0.2, -0.15) is 5.10 Å². The average molecular weight is 376 g/mol. The number of benzene rings is 1. The molecule has 0 aliphatic carbocycles. The maximum atomic E-state index is 6.06. The Hall–Kier alpha value is -0.590. The smallest absolute Gasteiger partial charge is 0.0679 e. The molecule has 0 aliphatic rings. The highest BCUT2D eigenvalue weighted by Gasteiger charge is 2.10. The Morgan fingerprint density at radius 3 is 2.89 bits per heavy atom. The van der Waals surface area contributed by atoms with Crippen molar-refractivity contribution in [2.24, 2.45) is 5.73 Å². The van der Waals surface area contributed by atoms with E-state index in [9.17, 15) is 0 Å². The van der Waals surface area contributed by atoms with Crippen LogP contribution in [-0.2, 0) is 6.42 Å². The van der Waals surface area contributed by atoms with Crippen molar-refractivity contribution in [3.05, 3.63) is 44.7 Å². The predicted molar refractivity (Wildman–Crippen MR) is 83.3 cm³/mol. The minimum atomic E-state index is 0.150. The normalized spacial score (nSPS) is 12.7. The summed E-state index contributed by atoms with van der Waals surface area (Å²) in [4.78, 5) is 0. The first-order valence-electron chi connectivity index (χ1n) is 5.84. The van der Waals surface area contributed by atoms with Gasteiger partial charge in [0, 0.05) is 17.3 Å². The molecule has 0 radical (unpaired) electrons. The Morgan fingerprint density at radius 1 is 1.50 bits per heavy atom. The van der Waals surface area contributed by atoms with Crippen LogP contribution >= 0.6 is 34.2 Å². The van der Waals surface area contributed by atoms with E-state index < -0.39 is 0 Å². The first-order chi connectivity index (χ1) is 8.60. The number of hydrogen-bond donors (Lipinski definition) is 1. The van der Waals surface area contributed by atoms with Gasteiger partial charge in [-0.15, -0.1) is 0 Å². The SMILES string of the molecule is CCC(N)Cc1cc(Cl)ccc1-n1cc(I)cn1. The first-order valence-corrected chi connectivity index (χ1v) is 7.30. The van der Waals surface area contributed by atoms with Crippen molar-refractivity contribution in [2.75, 3.05) is 0 Å². The molecule has 2 aromatic rings. The van der Waals surface area contributed by atoms with Crippen molar-refractivity contribution in [3.8, 4) is 5.69 Å². The van der Waals surface area contributed by atoms with Gasteiger partial charge >= 0.3 is 0 Å². The highest BCUT2D eigenvalue weighted by Crippen LogP contribution is 2.21. The van der Waals surface area contributed by atoms with Crippen LogP contribution < -0.4 is 5.73 Å². The second-order valence-corrected chi connectivity index (χ2v) is 5.93. The molecule has 0 saturated heterocycles. The molecular formula is C13H15ClIN3. The summed E-state index contributed by atoms with van der Waals surface area (Å²) in [6.07, 6.45) is 5.58. The summed E-state index contributed by atoms with van der Waals surface area (Å²) in [6, 6.07) is 5.99. The molecule has 1 aromatic heterocycles. The molecule has 0 fully saturated rings. The summed E-state index contributed by atoms with van der Waals surface area (Å²) < 4.78 is 2.98. The Bertz CT molecular complexity index is 539. The summed E-state index contributed by atoms with van der Waals surface area (Å²) in [5.74, 6) is 0. The van der Waals surface area contributed by atoms with Crippen LogP contribution in [0.5, 0.6) is 0 Å². The van der Waals surface area contributed by atoms with Gasteiger partial charge in [-0.1, -0.05) is 18.5 Å². The van der Waals surface area contributed by atoms with Crippen LogP contribution in [0.4, 0.5) is 0 Å². The Kier molecular flexibility index (Phi) is 4.64. The summed E-state index contributed by atoms with van der Waals surface area (Å²) >= 11 is 8.31. The van der Waals surface area contributed by atoms with Crippen LogP contribution in [0.25, 0.3) is 5.69 Å². The fourth-order valence-electron chi connectivity index (χ4n) is 1.80. The van der Waals surface area contributed by atoms with E-state index in [1.54, 1.807) is 0 Å². The molecule has 2 rings (SSSR count). The van der Waals surface area contributed by atoms with Gasteiger partial charge in [-0.25, -0.2) is 4.68 Å². The van der Waals surface area contributed by atoms with E-state index in [4.69, 9.17) is 17.3 Å². The summed E-state index contributed by atoms with van der Waals surface area (Å²) in [7, 11) is 0. The molecule has 1 heterocycles. The van der Waals surface area contributed by atoms with Crippen LogP contribution in [0.15, 0.2) is 30.6 Å². The highest BCUT2D eigenvalue weighted by atomic mass is 127. The predicted octanol–water partition coefficient (Wildman–Crippen LogP) is 3.41. The van der Waals surface area contributed by atoms with Crippen molar-refractivity contribution >= 4 is 34.2 Å². The number of halogens is 2. The summed E-state index contributed by atoms with van der Waals surface area (Å²) in [5, 5.41) is 5.07. The number of hydrogen-bond acceptors (Lipinski definition) is 2. The van der Waals surface area contributed by atoms with Crippen LogP contribution in [0.3, 0.4) is 0 Å². The number of rotatable bonds is 4. The molecule has 0 amide bonds. The Balaban J connectivity index is 2.40. The fourth-order valence-corrected chi connectivity index (χ4v) is 2.38. The third-order valence-electron chi connectivity index (χ3n) is 2.85. The third kappa shape index (κ3) is 3.24. The number of nitrogens with two attached hydrogens (primary N) is 1. The van der Waals surface area contributed by atoms with Crippen molar-refractivity contribution < 1.29 is 0 Å². The van der Waals surface area contributed by atoms with E-state index in [0.717, 1.165) is 32.7 Å². The van der Waals surface area contributed by atoms with Crippen LogP contribution in [0, 0.1) is 3.57 Å². The molecule has 2 N–H and O–H groups in total. The van der Waals surface area contributed by atoms with E-state index in [1.807, 2.05) is 35.3 Å². The maximum absolute atomic E-state index is 6.06. The molecule has 5 heteroatoms. The zero-order valence-electron chi connectivity index (χ0n) is 10.1. The molecule has 1 unspecified atom stereocenters. The third-order valence-corrected chi connectivity index (χ3v) is 3.64. The zero-order valence-corrected chi connectivity index (χ0v) is 13.0. The lowest BCUT2D eigenvalue weighted by Gasteiger charge is -2.13. The molecule has 1 atom stereocenters. The molecule has 0 spiro atoms. The van der Waals surface area contributed by atoms with E-state index in [0.29, 0.717) is 0 Å². The van der Waals surface area contributed by atoms with Gasteiger partial charge in [0.05, 0.1) is 15.5 Å². The van der Waals surface area contributed by atoms with Gasteiger partial charge in [0.1, 0.15) is 0 Å². The van der Waals surface area contributed by atoms with E-state index in [2.05, 4.69) is 34.6 Å². The van der Waals surface area contributed by atoms with Crippen molar-refractivity contribution in [2.45, 2.75) is 25.8 Å². The van der Waals surface area contributed by atoms with E-state index >= 15 is 0 Å². The molecule has 1 aromatic carbocycles. The standard InChI is InChI=1S/C13H15ClIN3/c1-2-12(16)6-9-5-10(14)3-4-13(9)18-8-11(15)7-17-18/h3-5,7-8,12H,2,6,16H2,1H3. The average Bonchev–Trinajstić information content (AvgIpc) is 2.75. The van der Waals surface area contributed by atoms with Gasteiger partial charge in [0.15, 0.2) is 0 Å². The lowest BCUT2D eigenvalue weighted by atomic mass is 10.0. The van der Waals surface area contributed by atoms with Gasteiger partial charge < -0.3 is 5.73 Å². The molecule has 0 saturated carbocycles. The second-order valence-electron chi connectivity index (χ2n) is 4.25. The van der Waals surface area contributed by atoms with Gasteiger partial charge in [-0.3, -0.25) is 0 Å². The van der Waals surface area contributed by atoms with Gasteiger partial charge in [-0.05, 0) is 59.2 Å². The largest absolute Gasteiger partial charge is 0.327 e. The maximum Gasteiger partial charge on any atom is 0.0679 e. The lowest BCUT2D eigenvalue weighted by Crippen LogP contribution is -2.22. The monoisotopic (exact) mass is 375 g/mol. The fraction of sp³-hybridized carbons (Fsp3) is 0.308.